The lowest BCUT2D eigenvalue weighted by Crippen LogP contribution is -2.10. The molecule has 8 aromatic carbocycles. The Morgan fingerprint density at radius 2 is 1.07 bits per heavy atom. The first-order valence-corrected chi connectivity index (χ1v) is 15.0. The molecule has 0 aliphatic carbocycles. The number of benzene rings is 8. The fourth-order valence-electron chi connectivity index (χ4n) is 6.73. The molecule has 0 spiro atoms. The zero-order valence-electron chi connectivity index (χ0n) is 23.9. The zero-order chi connectivity index (χ0) is 29.0. The van der Waals surface area contributed by atoms with Gasteiger partial charge in [-0.05, 0) is 86.6 Å². The van der Waals surface area contributed by atoms with E-state index >= 15 is 0 Å². The van der Waals surface area contributed by atoms with Gasteiger partial charge in [0.15, 0.2) is 0 Å². The molecular formula is C42H27NO. The molecule has 0 saturated heterocycles. The monoisotopic (exact) mass is 561 g/mol. The summed E-state index contributed by atoms with van der Waals surface area (Å²) in [5, 5.41) is 9.43. The third-order valence-electron chi connectivity index (χ3n) is 8.79. The number of hydrogen-bond donors (Lipinski definition) is 0. The van der Waals surface area contributed by atoms with E-state index in [0.29, 0.717) is 0 Å². The molecule has 9 rings (SSSR count). The van der Waals surface area contributed by atoms with Crippen molar-refractivity contribution < 1.29 is 4.42 Å². The summed E-state index contributed by atoms with van der Waals surface area (Å²) >= 11 is 0. The predicted molar refractivity (Wildman–Crippen MR) is 186 cm³/mol. The van der Waals surface area contributed by atoms with Crippen molar-refractivity contribution in [3.8, 4) is 11.1 Å². The van der Waals surface area contributed by atoms with E-state index in [1.54, 1.807) is 0 Å². The molecule has 0 radical (unpaired) electrons. The molecular weight excluding hydrogens is 534 g/mol. The third-order valence-corrected chi connectivity index (χ3v) is 8.79. The smallest absolute Gasteiger partial charge is 0.143 e. The van der Waals surface area contributed by atoms with Gasteiger partial charge in [0, 0.05) is 22.1 Å². The van der Waals surface area contributed by atoms with Crippen LogP contribution in [0.2, 0.25) is 0 Å². The second-order valence-electron chi connectivity index (χ2n) is 11.4. The Morgan fingerprint density at radius 1 is 0.409 bits per heavy atom. The number of rotatable bonds is 4. The van der Waals surface area contributed by atoms with Crippen molar-refractivity contribution in [2.75, 3.05) is 4.90 Å². The number of anilines is 3. The first-order valence-electron chi connectivity index (χ1n) is 15.0. The maximum absolute atomic E-state index is 6.73. The predicted octanol–water partition coefficient (Wildman–Crippen LogP) is 12.2. The number of furan rings is 1. The summed E-state index contributed by atoms with van der Waals surface area (Å²) in [6, 6.07) is 58.5. The maximum atomic E-state index is 6.73. The summed E-state index contributed by atoms with van der Waals surface area (Å²) in [4.78, 5) is 2.36. The standard InChI is InChI=1S/C42H27NO/c1-2-15-33(16-3-1)43(34-24-23-29-12-5-7-14-31(29)26-34)39-19-10-20-40-41(39)38-27-37(35-17-8-9-18-36(35)42(38)44-40)32-22-21-28-11-4-6-13-30(28)25-32/h1-27H. The molecule has 0 amide bonds. The minimum absolute atomic E-state index is 0.875. The third kappa shape index (κ3) is 3.89. The highest BCUT2D eigenvalue weighted by Gasteiger charge is 2.21. The van der Waals surface area contributed by atoms with Crippen molar-refractivity contribution in [2.24, 2.45) is 0 Å². The Bertz CT molecular complexity index is 2510. The molecule has 0 bridgehead atoms. The quantitative estimate of drug-likeness (QED) is 0.212. The number of para-hydroxylation sites is 1. The van der Waals surface area contributed by atoms with Crippen molar-refractivity contribution >= 4 is 71.3 Å². The molecule has 0 saturated carbocycles. The second kappa shape index (κ2) is 9.86. The molecule has 0 unspecified atom stereocenters. The van der Waals surface area contributed by atoms with Gasteiger partial charge in [-0.3, -0.25) is 0 Å². The Kier molecular flexibility index (Phi) is 5.54. The van der Waals surface area contributed by atoms with Crippen LogP contribution in [0.1, 0.15) is 0 Å². The fourth-order valence-corrected chi connectivity index (χ4v) is 6.73. The van der Waals surface area contributed by atoms with Crippen LogP contribution >= 0.6 is 0 Å². The largest absolute Gasteiger partial charge is 0.455 e. The molecule has 0 N–H and O–H groups in total. The van der Waals surface area contributed by atoms with Gasteiger partial charge in [-0.2, -0.15) is 0 Å². The molecule has 0 atom stereocenters. The summed E-state index contributed by atoms with van der Waals surface area (Å²) < 4.78 is 6.73. The summed E-state index contributed by atoms with van der Waals surface area (Å²) in [7, 11) is 0. The Labute approximate surface area is 255 Å². The first kappa shape index (κ1) is 24.7. The van der Waals surface area contributed by atoms with Crippen molar-refractivity contribution in [1.82, 2.24) is 0 Å². The van der Waals surface area contributed by atoms with Gasteiger partial charge in [-0.15, -0.1) is 0 Å². The molecule has 0 aliphatic rings. The van der Waals surface area contributed by atoms with E-state index in [2.05, 4.69) is 169 Å². The van der Waals surface area contributed by atoms with Gasteiger partial charge in [0.2, 0.25) is 0 Å². The van der Waals surface area contributed by atoms with Gasteiger partial charge in [-0.1, -0.05) is 115 Å². The van der Waals surface area contributed by atoms with E-state index in [1.165, 1.54) is 38.1 Å². The molecule has 1 heterocycles. The normalized spacial score (nSPS) is 11.6. The summed E-state index contributed by atoms with van der Waals surface area (Å²) in [6.07, 6.45) is 0. The Morgan fingerprint density at radius 3 is 1.86 bits per heavy atom. The van der Waals surface area contributed by atoms with Gasteiger partial charge < -0.3 is 9.32 Å². The van der Waals surface area contributed by atoms with Crippen molar-refractivity contribution in [3.63, 3.8) is 0 Å². The van der Waals surface area contributed by atoms with Crippen LogP contribution in [-0.4, -0.2) is 0 Å². The van der Waals surface area contributed by atoms with Crippen LogP contribution in [0.25, 0.3) is 65.4 Å². The number of hydrogen-bond acceptors (Lipinski definition) is 2. The van der Waals surface area contributed by atoms with Gasteiger partial charge >= 0.3 is 0 Å². The van der Waals surface area contributed by atoms with E-state index < -0.39 is 0 Å². The Hall–Kier alpha value is -5.86. The van der Waals surface area contributed by atoms with Crippen LogP contribution in [0.5, 0.6) is 0 Å². The average Bonchev–Trinajstić information content (AvgIpc) is 3.48. The van der Waals surface area contributed by atoms with E-state index in [0.717, 1.165) is 44.4 Å². The van der Waals surface area contributed by atoms with Crippen LogP contribution in [0.15, 0.2) is 168 Å². The lowest BCUT2D eigenvalue weighted by atomic mass is 9.93. The lowest BCUT2D eigenvalue weighted by molar-refractivity contribution is 0.672. The minimum Gasteiger partial charge on any atom is -0.455 e. The summed E-state index contributed by atoms with van der Waals surface area (Å²) in [5.41, 5.74) is 7.48. The molecule has 44 heavy (non-hydrogen) atoms. The van der Waals surface area contributed by atoms with Gasteiger partial charge in [0.05, 0.1) is 11.1 Å². The van der Waals surface area contributed by atoms with Crippen LogP contribution in [-0.2, 0) is 0 Å². The van der Waals surface area contributed by atoms with Gasteiger partial charge in [-0.25, -0.2) is 0 Å². The van der Waals surface area contributed by atoms with Crippen LogP contribution in [0.3, 0.4) is 0 Å². The van der Waals surface area contributed by atoms with Gasteiger partial charge in [0.1, 0.15) is 11.2 Å². The molecule has 2 heteroatoms. The molecule has 1 aromatic heterocycles. The van der Waals surface area contributed by atoms with Crippen molar-refractivity contribution in [1.29, 1.82) is 0 Å². The lowest BCUT2D eigenvalue weighted by Gasteiger charge is -2.26. The summed E-state index contributed by atoms with van der Waals surface area (Å²) in [5.74, 6) is 0. The summed E-state index contributed by atoms with van der Waals surface area (Å²) in [6.45, 7) is 0. The van der Waals surface area contributed by atoms with E-state index in [4.69, 9.17) is 4.42 Å². The van der Waals surface area contributed by atoms with Crippen molar-refractivity contribution in [2.45, 2.75) is 0 Å². The average molecular weight is 562 g/mol. The molecule has 0 aliphatic heterocycles. The highest BCUT2D eigenvalue weighted by molar-refractivity contribution is 6.22. The highest BCUT2D eigenvalue weighted by atomic mass is 16.3. The topological polar surface area (TPSA) is 16.4 Å². The first-order chi connectivity index (χ1) is 21.8. The molecule has 2 nitrogen and oxygen atoms in total. The van der Waals surface area contributed by atoms with Crippen LogP contribution in [0.4, 0.5) is 17.1 Å². The van der Waals surface area contributed by atoms with E-state index in [-0.39, 0.29) is 0 Å². The maximum Gasteiger partial charge on any atom is 0.143 e. The Balaban J connectivity index is 1.36. The van der Waals surface area contributed by atoms with Crippen LogP contribution < -0.4 is 4.90 Å². The van der Waals surface area contributed by atoms with Gasteiger partial charge in [0.25, 0.3) is 0 Å². The van der Waals surface area contributed by atoms with Crippen molar-refractivity contribution in [3.05, 3.63) is 164 Å². The van der Waals surface area contributed by atoms with E-state index in [9.17, 15) is 0 Å². The molecule has 0 fully saturated rings. The highest BCUT2D eigenvalue weighted by Crippen LogP contribution is 2.46. The minimum atomic E-state index is 0.875. The number of nitrogens with zero attached hydrogens (tertiary/aromatic N) is 1. The molecule has 206 valence electrons. The fraction of sp³-hybridized carbons (Fsp3) is 0. The molecule has 9 aromatic rings. The number of fused-ring (bicyclic) bond motifs is 7. The second-order valence-corrected chi connectivity index (χ2v) is 11.4. The van der Waals surface area contributed by atoms with Crippen LogP contribution in [0, 0.1) is 0 Å². The zero-order valence-corrected chi connectivity index (χ0v) is 23.9. The SMILES string of the molecule is c1ccc(N(c2ccc3ccccc3c2)c2cccc3oc4c5ccccc5c(-c5ccc6ccccc6c5)cc4c23)cc1. The van der Waals surface area contributed by atoms with E-state index in [1.807, 2.05) is 0 Å².